The molecule has 0 bridgehead atoms. The van der Waals surface area contributed by atoms with Crippen molar-refractivity contribution >= 4 is 11.8 Å². The van der Waals surface area contributed by atoms with Gasteiger partial charge < -0.3 is 4.74 Å². The summed E-state index contributed by atoms with van der Waals surface area (Å²) < 4.78 is 18.4. The molecule has 0 saturated heterocycles. The fraction of sp³-hybridized carbons (Fsp3) is 0. The zero-order valence-electron chi connectivity index (χ0n) is 13.3. The summed E-state index contributed by atoms with van der Waals surface area (Å²) >= 11 is 0. The topological polar surface area (TPSA) is 93.2 Å². The number of ether oxygens (including phenoxy) is 1. The van der Waals surface area contributed by atoms with Gasteiger partial charge in [-0.2, -0.15) is 0 Å². The molecule has 130 valence electrons. The molecule has 26 heavy (non-hydrogen) atoms. The standard InChI is InChI=1S/C18H13FN4O3/c19-13-3-7-15(8-4-13)26-14-5-1-12(2-6-14)17(24)22-23-18(25)16-11-20-9-10-21-16/h1-11H,(H,22,24)(H,23,25). The smallest absolute Gasteiger partial charge is 0.289 e. The molecule has 0 aliphatic heterocycles. The lowest BCUT2D eigenvalue weighted by Gasteiger charge is -2.08. The summed E-state index contributed by atoms with van der Waals surface area (Å²) in [5.74, 6) is -0.484. The fourth-order valence-corrected chi connectivity index (χ4v) is 1.98. The Kier molecular flexibility index (Phi) is 5.14. The van der Waals surface area contributed by atoms with Crippen LogP contribution in [0.5, 0.6) is 11.5 Å². The van der Waals surface area contributed by atoms with Crippen molar-refractivity contribution in [1.82, 2.24) is 20.8 Å². The summed E-state index contributed by atoms with van der Waals surface area (Å²) in [6.45, 7) is 0. The second kappa shape index (κ2) is 7.84. The van der Waals surface area contributed by atoms with E-state index in [2.05, 4.69) is 20.8 Å². The number of benzene rings is 2. The molecule has 1 heterocycles. The number of aromatic nitrogens is 2. The van der Waals surface area contributed by atoms with Crippen LogP contribution in [0.4, 0.5) is 4.39 Å². The number of halogens is 1. The second-order valence-corrected chi connectivity index (χ2v) is 5.08. The first-order chi connectivity index (χ1) is 12.6. The Morgan fingerprint density at radius 3 is 2.08 bits per heavy atom. The highest BCUT2D eigenvalue weighted by atomic mass is 19.1. The van der Waals surface area contributed by atoms with Gasteiger partial charge in [-0.1, -0.05) is 0 Å². The van der Waals surface area contributed by atoms with Gasteiger partial charge in [0.15, 0.2) is 0 Å². The maximum Gasteiger partial charge on any atom is 0.289 e. The van der Waals surface area contributed by atoms with E-state index in [9.17, 15) is 14.0 Å². The van der Waals surface area contributed by atoms with Crippen LogP contribution in [0.1, 0.15) is 20.8 Å². The first-order valence-corrected chi connectivity index (χ1v) is 7.52. The molecule has 7 nitrogen and oxygen atoms in total. The molecule has 0 radical (unpaired) electrons. The Bertz CT molecular complexity index is 900. The number of hydrazine groups is 1. The predicted octanol–water partition coefficient (Wildman–Crippen LogP) is 2.48. The summed E-state index contributed by atoms with van der Waals surface area (Å²) in [4.78, 5) is 31.4. The third-order valence-corrected chi connectivity index (χ3v) is 3.25. The lowest BCUT2D eigenvalue weighted by molar-refractivity contribution is 0.0843. The second-order valence-electron chi connectivity index (χ2n) is 5.08. The monoisotopic (exact) mass is 352 g/mol. The van der Waals surface area contributed by atoms with Gasteiger partial charge in [-0.3, -0.25) is 25.4 Å². The Morgan fingerprint density at radius 1 is 0.846 bits per heavy atom. The van der Waals surface area contributed by atoms with Crippen LogP contribution < -0.4 is 15.6 Å². The highest BCUT2D eigenvalue weighted by molar-refractivity contribution is 5.98. The minimum Gasteiger partial charge on any atom is -0.457 e. The summed E-state index contributed by atoms with van der Waals surface area (Å²) in [6, 6.07) is 11.8. The molecular formula is C18H13FN4O3. The molecule has 0 spiro atoms. The van der Waals surface area contributed by atoms with Gasteiger partial charge in [0.05, 0.1) is 6.20 Å². The van der Waals surface area contributed by atoms with Gasteiger partial charge in [-0.05, 0) is 48.5 Å². The van der Waals surface area contributed by atoms with Gasteiger partial charge >= 0.3 is 0 Å². The minimum atomic E-state index is -0.581. The van der Waals surface area contributed by atoms with Crippen molar-refractivity contribution in [1.29, 1.82) is 0 Å². The first-order valence-electron chi connectivity index (χ1n) is 7.52. The quantitative estimate of drug-likeness (QED) is 0.704. The van der Waals surface area contributed by atoms with Gasteiger partial charge in [0.2, 0.25) is 0 Å². The SMILES string of the molecule is O=C(NNC(=O)c1cnccn1)c1ccc(Oc2ccc(F)cc2)cc1. The molecule has 3 rings (SSSR count). The van der Waals surface area contributed by atoms with Crippen molar-refractivity contribution in [3.63, 3.8) is 0 Å². The van der Waals surface area contributed by atoms with Crippen molar-refractivity contribution in [2.45, 2.75) is 0 Å². The molecular weight excluding hydrogens is 339 g/mol. The van der Waals surface area contributed by atoms with E-state index in [1.165, 1.54) is 55.0 Å². The van der Waals surface area contributed by atoms with Crippen molar-refractivity contribution in [3.05, 3.63) is 84.2 Å². The van der Waals surface area contributed by atoms with Crippen LogP contribution in [0.3, 0.4) is 0 Å². The third-order valence-electron chi connectivity index (χ3n) is 3.25. The van der Waals surface area contributed by atoms with E-state index < -0.39 is 11.8 Å². The summed E-state index contributed by atoms with van der Waals surface area (Å²) in [7, 11) is 0. The van der Waals surface area contributed by atoms with E-state index in [0.717, 1.165) is 0 Å². The number of hydrogen-bond donors (Lipinski definition) is 2. The molecule has 2 amide bonds. The molecule has 0 saturated carbocycles. The maximum absolute atomic E-state index is 12.9. The summed E-state index contributed by atoms with van der Waals surface area (Å²) in [6.07, 6.45) is 4.09. The van der Waals surface area contributed by atoms with E-state index in [1.807, 2.05) is 0 Å². The van der Waals surface area contributed by atoms with Gasteiger partial charge in [-0.15, -0.1) is 0 Å². The highest BCUT2D eigenvalue weighted by Gasteiger charge is 2.10. The molecule has 8 heteroatoms. The molecule has 1 aromatic heterocycles. The predicted molar refractivity (Wildman–Crippen MR) is 89.9 cm³/mol. The molecule has 3 aromatic rings. The van der Waals surface area contributed by atoms with Crippen LogP contribution in [0.25, 0.3) is 0 Å². The number of rotatable bonds is 4. The zero-order chi connectivity index (χ0) is 18.4. The van der Waals surface area contributed by atoms with E-state index >= 15 is 0 Å². The average molecular weight is 352 g/mol. The molecule has 2 aromatic carbocycles. The number of carbonyl (C=O) groups is 2. The van der Waals surface area contributed by atoms with E-state index in [0.29, 0.717) is 17.1 Å². The van der Waals surface area contributed by atoms with Crippen LogP contribution in [-0.2, 0) is 0 Å². The van der Waals surface area contributed by atoms with Gasteiger partial charge in [0.25, 0.3) is 11.8 Å². The largest absolute Gasteiger partial charge is 0.457 e. The van der Waals surface area contributed by atoms with E-state index in [-0.39, 0.29) is 11.5 Å². The number of amides is 2. The van der Waals surface area contributed by atoms with Crippen LogP contribution >= 0.6 is 0 Å². The average Bonchev–Trinajstić information content (AvgIpc) is 2.69. The van der Waals surface area contributed by atoms with Crippen molar-refractivity contribution < 1.29 is 18.7 Å². The van der Waals surface area contributed by atoms with Gasteiger partial charge in [-0.25, -0.2) is 9.37 Å². The van der Waals surface area contributed by atoms with Gasteiger partial charge in [0, 0.05) is 18.0 Å². The molecule has 0 fully saturated rings. The van der Waals surface area contributed by atoms with Crippen molar-refractivity contribution in [3.8, 4) is 11.5 Å². The van der Waals surface area contributed by atoms with Gasteiger partial charge in [0.1, 0.15) is 23.0 Å². The molecule has 0 atom stereocenters. The minimum absolute atomic E-state index is 0.0795. The molecule has 0 unspecified atom stereocenters. The summed E-state index contributed by atoms with van der Waals surface area (Å²) in [5.41, 5.74) is 4.93. The maximum atomic E-state index is 12.9. The van der Waals surface area contributed by atoms with Crippen LogP contribution in [0, 0.1) is 5.82 Å². The summed E-state index contributed by atoms with van der Waals surface area (Å²) in [5, 5.41) is 0. The number of carbonyl (C=O) groups excluding carboxylic acids is 2. The van der Waals surface area contributed by atoms with Crippen LogP contribution in [-0.4, -0.2) is 21.8 Å². The fourth-order valence-electron chi connectivity index (χ4n) is 1.98. The Hall–Kier alpha value is -3.81. The molecule has 0 aliphatic rings. The highest BCUT2D eigenvalue weighted by Crippen LogP contribution is 2.21. The van der Waals surface area contributed by atoms with Crippen molar-refractivity contribution in [2.75, 3.05) is 0 Å². The van der Waals surface area contributed by atoms with Crippen LogP contribution in [0.15, 0.2) is 67.1 Å². The van der Waals surface area contributed by atoms with Crippen molar-refractivity contribution in [2.24, 2.45) is 0 Å². The first kappa shape index (κ1) is 17.0. The number of nitrogens with zero attached hydrogens (tertiary/aromatic N) is 2. The Labute approximate surface area is 147 Å². The van der Waals surface area contributed by atoms with Crippen LogP contribution in [0.2, 0.25) is 0 Å². The Balaban J connectivity index is 1.56. The van der Waals surface area contributed by atoms with E-state index in [1.54, 1.807) is 12.1 Å². The number of hydrogen-bond acceptors (Lipinski definition) is 5. The molecule has 2 N–H and O–H groups in total. The lowest BCUT2D eigenvalue weighted by Crippen LogP contribution is -2.41. The third kappa shape index (κ3) is 4.38. The normalized spacial score (nSPS) is 10.0. The number of nitrogens with one attached hydrogen (secondary N) is 2. The molecule has 0 aliphatic carbocycles. The lowest BCUT2D eigenvalue weighted by atomic mass is 10.2. The Morgan fingerprint density at radius 2 is 1.46 bits per heavy atom. The zero-order valence-corrected chi connectivity index (χ0v) is 13.3. The van der Waals surface area contributed by atoms with E-state index in [4.69, 9.17) is 4.74 Å².